The van der Waals surface area contributed by atoms with Gasteiger partial charge in [0.15, 0.2) is 11.4 Å². The Bertz CT molecular complexity index is 1040. The maximum absolute atomic E-state index is 13.3. The molecule has 9 heteroatoms. The lowest BCUT2D eigenvalue weighted by atomic mass is 10.00. The number of halogens is 3. The molecule has 0 bridgehead atoms. The zero-order valence-corrected chi connectivity index (χ0v) is 12.1. The number of H-pyrrole nitrogens is 1. The summed E-state index contributed by atoms with van der Waals surface area (Å²) >= 11 is 0. The number of benzene rings is 1. The van der Waals surface area contributed by atoms with Crippen LogP contribution in [0.2, 0.25) is 0 Å². The van der Waals surface area contributed by atoms with Gasteiger partial charge >= 0.3 is 6.18 Å². The molecule has 0 aliphatic rings. The van der Waals surface area contributed by atoms with Gasteiger partial charge in [-0.15, -0.1) is 0 Å². The van der Waals surface area contributed by atoms with Crippen molar-refractivity contribution >= 4 is 0 Å². The van der Waals surface area contributed by atoms with E-state index in [-0.39, 0.29) is 5.69 Å². The summed E-state index contributed by atoms with van der Waals surface area (Å²) in [5.74, 6) is -0.554. The van der Waals surface area contributed by atoms with Crippen LogP contribution in [0.5, 0.6) is 5.75 Å². The molecule has 1 N–H and O–H groups in total. The van der Waals surface area contributed by atoms with E-state index >= 15 is 0 Å². The van der Waals surface area contributed by atoms with E-state index in [0.717, 1.165) is 7.11 Å². The van der Waals surface area contributed by atoms with Crippen LogP contribution in [-0.2, 0) is 6.18 Å². The number of alkyl halides is 3. The Morgan fingerprint density at radius 1 is 1.00 bits per heavy atom. The SMILES string of the molecule is COc1c(-c2c(C(F)(F)F)[nH]n(-c3ccccc3)c2=O)c(=O)c1=O. The summed E-state index contributed by atoms with van der Waals surface area (Å²) in [7, 11) is 1.04. The number of ether oxygens (including phenoxy) is 1. The number of rotatable bonds is 3. The monoisotopic (exact) mass is 338 g/mol. The molecule has 0 aliphatic carbocycles. The summed E-state index contributed by atoms with van der Waals surface area (Å²) < 4.78 is 45.2. The highest BCUT2D eigenvalue weighted by molar-refractivity contribution is 5.76. The molecule has 24 heavy (non-hydrogen) atoms. The number of methoxy groups -OCH3 is 1. The smallest absolute Gasteiger partial charge is 0.433 e. The molecule has 0 spiro atoms. The van der Waals surface area contributed by atoms with Gasteiger partial charge in [-0.3, -0.25) is 19.5 Å². The molecule has 0 unspecified atom stereocenters. The van der Waals surface area contributed by atoms with Gasteiger partial charge < -0.3 is 4.74 Å². The largest absolute Gasteiger partial charge is 0.492 e. The zero-order chi connectivity index (χ0) is 17.6. The second-order valence-corrected chi connectivity index (χ2v) is 4.90. The molecule has 0 saturated carbocycles. The fourth-order valence-electron chi connectivity index (χ4n) is 2.43. The first-order valence-corrected chi connectivity index (χ1v) is 6.62. The standard InChI is InChI=1S/C15H9F3N2O4/c1-24-12-8(10(21)11(12)22)9-13(15(16,17)18)19-20(14(9)23)7-5-3-2-4-6-7/h2-6,19H,1H3. The molecule has 0 saturated heterocycles. The molecule has 1 aromatic heterocycles. The van der Waals surface area contributed by atoms with Gasteiger partial charge in [-0.25, -0.2) is 4.68 Å². The third-order valence-corrected chi connectivity index (χ3v) is 3.51. The predicted molar refractivity (Wildman–Crippen MR) is 78.3 cm³/mol. The van der Waals surface area contributed by atoms with Crippen molar-refractivity contribution in [2.75, 3.05) is 7.11 Å². The third-order valence-electron chi connectivity index (χ3n) is 3.51. The molecule has 0 radical (unpaired) electrons. The van der Waals surface area contributed by atoms with Crippen molar-refractivity contribution in [3.63, 3.8) is 0 Å². The molecular weight excluding hydrogens is 329 g/mol. The van der Waals surface area contributed by atoms with Crippen LogP contribution in [0.1, 0.15) is 5.69 Å². The van der Waals surface area contributed by atoms with E-state index in [1.165, 1.54) is 24.3 Å². The Kier molecular flexibility index (Phi) is 3.43. The lowest BCUT2D eigenvalue weighted by Crippen LogP contribution is -2.36. The number of nitrogens with one attached hydrogen (secondary N) is 1. The second kappa shape index (κ2) is 5.22. The molecule has 1 heterocycles. The number of aromatic nitrogens is 2. The lowest BCUT2D eigenvalue weighted by molar-refractivity contribution is -0.140. The van der Waals surface area contributed by atoms with Crippen LogP contribution in [0.15, 0.2) is 44.7 Å². The Labute approximate surface area is 131 Å². The van der Waals surface area contributed by atoms with Gasteiger partial charge in [0.25, 0.3) is 11.0 Å². The molecule has 124 valence electrons. The van der Waals surface area contributed by atoms with Gasteiger partial charge in [-0.1, -0.05) is 18.2 Å². The summed E-state index contributed by atoms with van der Waals surface area (Å²) in [6.07, 6.45) is -4.93. The highest BCUT2D eigenvalue weighted by atomic mass is 19.4. The van der Waals surface area contributed by atoms with Crippen molar-refractivity contribution < 1.29 is 17.9 Å². The average Bonchev–Trinajstić information content (AvgIpc) is 2.89. The normalized spacial score (nSPS) is 11.8. The highest BCUT2D eigenvalue weighted by Gasteiger charge is 2.41. The third kappa shape index (κ3) is 2.16. The van der Waals surface area contributed by atoms with Crippen LogP contribution in [0.4, 0.5) is 13.2 Å². The Balaban J connectivity index is 2.36. The first-order chi connectivity index (χ1) is 11.3. The van der Waals surface area contributed by atoms with Gasteiger partial charge in [-0.05, 0) is 12.1 Å². The summed E-state index contributed by atoms with van der Waals surface area (Å²) in [5, 5.41) is 1.96. The Morgan fingerprint density at radius 2 is 1.62 bits per heavy atom. The van der Waals surface area contributed by atoms with Gasteiger partial charge in [-0.2, -0.15) is 13.2 Å². The number of nitrogens with zero attached hydrogens (tertiary/aromatic N) is 1. The first-order valence-electron chi connectivity index (χ1n) is 6.62. The fourth-order valence-corrected chi connectivity index (χ4v) is 2.43. The van der Waals surface area contributed by atoms with Gasteiger partial charge in [0, 0.05) is 0 Å². The minimum Gasteiger partial charge on any atom is -0.492 e. The number of para-hydroxylation sites is 1. The number of aromatic amines is 1. The van der Waals surface area contributed by atoms with Crippen molar-refractivity contribution in [2.45, 2.75) is 6.18 Å². The van der Waals surface area contributed by atoms with Crippen molar-refractivity contribution in [3.8, 4) is 22.6 Å². The summed E-state index contributed by atoms with van der Waals surface area (Å²) in [5.41, 5.74) is -6.20. The lowest BCUT2D eigenvalue weighted by Gasteiger charge is -2.10. The first kappa shape index (κ1) is 15.8. The predicted octanol–water partition coefficient (Wildman–Crippen LogP) is 1.46. The maximum Gasteiger partial charge on any atom is 0.433 e. The van der Waals surface area contributed by atoms with Crippen LogP contribution in [0, 0.1) is 0 Å². The van der Waals surface area contributed by atoms with Gasteiger partial charge in [0.2, 0.25) is 5.43 Å². The van der Waals surface area contributed by atoms with Crippen LogP contribution in [0.3, 0.4) is 0 Å². The van der Waals surface area contributed by atoms with Gasteiger partial charge in [0.1, 0.15) is 0 Å². The molecule has 0 fully saturated rings. The van der Waals surface area contributed by atoms with E-state index in [1.807, 2.05) is 5.10 Å². The van der Waals surface area contributed by atoms with E-state index in [0.29, 0.717) is 4.68 Å². The van der Waals surface area contributed by atoms with Crippen LogP contribution in [-0.4, -0.2) is 16.9 Å². The highest BCUT2D eigenvalue weighted by Crippen LogP contribution is 2.36. The van der Waals surface area contributed by atoms with E-state index in [1.54, 1.807) is 6.07 Å². The minimum atomic E-state index is -4.93. The summed E-state index contributed by atoms with van der Waals surface area (Å²) in [4.78, 5) is 35.5. The molecule has 6 nitrogen and oxygen atoms in total. The minimum absolute atomic E-state index is 0.150. The van der Waals surface area contributed by atoms with Crippen LogP contribution >= 0.6 is 0 Å². The van der Waals surface area contributed by atoms with E-state index in [4.69, 9.17) is 0 Å². The molecule has 0 aliphatic heterocycles. The van der Waals surface area contributed by atoms with Gasteiger partial charge in [0.05, 0.1) is 23.9 Å². The maximum atomic E-state index is 13.3. The number of hydrogen-bond donors (Lipinski definition) is 1. The Hall–Kier alpha value is -3.10. The summed E-state index contributed by atoms with van der Waals surface area (Å²) in [6.45, 7) is 0. The van der Waals surface area contributed by atoms with Crippen molar-refractivity contribution in [3.05, 3.63) is 66.8 Å². The second-order valence-electron chi connectivity index (χ2n) is 4.90. The topological polar surface area (TPSA) is 81.2 Å². The Morgan fingerprint density at radius 3 is 2.17 bits per heavy atom. The molecular formula is C15H9F3N2O4. The average molecular weight is 338 g/mol. The van der Waals surface area contributed by atoms with Crippen molar-refractivity contribution in [1.82, 2.24) is 9.78 Å². The molecule has 3 rings (SSSR count). The summed E-state index contributed by atoms with van der Waals surface area (Å²) in [6, 6.07) is 7.53. The van der Waals surface area contributed by atoms with Crippen LogP contribution in [0.25, 0.3) is 16.8 Å². The van der Waals surface area contributed by atoms with E-state index < -0.39 is 45.2 Å². The van der Waals surface area contributed by atoms with Crippen molar-refractivity contribution in [1.29, 1.82) is 0 Å². The molecule has 0 atom stereocenters. The fraction of sp³-hybridized carbons (Fsp3) is 0.133. The van der Waals surface area contributed by atoms with Crippen molar-refractivity contribution in [2.24, 2.45) is 0 Å². The van der Waals surface area contributed by atoms with Crippen LogP contribution < -0.4 is 21.2 Å². The van der Waals surface area contributed by atoms with E-state index in [2.05, 4.69) is 4.74 Å². The molecule has 3 aromatic rings. The zero-order valence-electron chi connectivity index (χ0n) is 12.1. The number of hydrogen-bond acceptors (Lipinski definition) is 4. The quantitative estimate of drug-likeness (QED) is 0.733. The molecule has 0 amide bonds. The van der Waals surface area contributed by atoms with E-state index in [9.17, 15) is 27.6 Å². The molecule has 2 aromatic carbocycles.